The summed E-state index contributed by atoms with van der Waals surface area (Å²) < 4.78 is 0. The van der Waals surface area contributed by atoms with Crippen LogP contribution in [0.25, 0.3) is 0 Å². The summed E-state index contributed by atoms with van der Waals surface area (Å²) >= 11 is 1.57. The first-order chi connectivity index (χ1) is 9.99. The average Bonchev–Trinajstić information content (AvgIpc) is 2.83. The molecular weight excluding hydrogens is 286 g/mol. The monoisotopic (exact) mass is 303 g/mol. The number of hydrogen-bond donors (Lipinski definition) is 1. The number of carbonyl (C=O) groups is 2. The first-order valence-electron chi connectivity index (χ1n) is 7.09. The van der Waals surface area contributed by atoms with E-state index in [2.05, 4.69) is 4.99 Å². The van der Waals surface area contributed by atoms with E-state index < -0.39 is 5.97 Å². The summed E-state index contributed by atoms with van der Waals surface area (Å²) in [4.78, 5) is 30.6. The van der Waals surface area contributed by atoms with E-state index in [-0.39, 0.29) is 23.2 Å². The largest absolute Gasteiger partial charge is 0.478 e. The second-order valence-electron chi connectivity index (χ2n) is 5.63. The third-order valence-corrected chi connectivity index (χ3v) is 5.29. The lowest BCUT2D eigenvalue weighted by atomic mass is 9.71. The second-order valence-corrected chi connectivity index (χ2v) is 6.95. The third kappa shape index (κ3) is 2.35. The number of carboxylic acid groups (broad SMARTS) is 1. The van der Waals surface area contributed by atoms with Crippen molar-refractivity contribution in [3.8, 4) is 0 Å². The van der Waals surface area contributed by atoms with Gasteiger partial charge >= 0.3 is 5.97 Å². The van der Waals surface area contributed by atoms with Crippen molar-refractivity contribution in [2.75, 3.05) is 0 Å². The molecule has 1 fully saturated rings. The predicted molar refractivity (Wildman–Crippen MR) is 81.9 cm³/mol. The van der Waals surface area contributed by atoms with Gasteiger partial charge in [0.1, 0.15) is 5.78 Å². The fourth-order valence-corrected chi connectivity index (χ4v) is 4.35. The fourth-order valence-electron chi connectivity index (χ4n) is 3.33. The Hall–Kier alpha value is -1.75. The van der Waals surface area contributed by atoms with E-state index in [1.807, 2.05) is 19.1 Å². The van der Waals surface area contributed by atoms with Crippen LogP contribution >= 0.6 is 11.3 Å². The van der Waals surface area contributed by atoms with E-state index in [0.717, 1.165) is 28.3 Å². The Morgan fingerprint density at radius 3 is 2.67 bits per heavy atom. The molecule has 3 rings (SSSR count). The highest BCUT2D eigenvalue weighted by molar-refractivity contribution is 7.12. The average molecular weight is 303 g/mol. The molecule has 1 aromatic heterocycles. The number of aliphatic imine (C=N–C) groups is 1. The van der Waals surface area contributed by atoms with Crippen molar-refractivity contribution >= 4 is 28.8 Å². The molecule has 4 nitrogen and oxygen atoms in total. The molecule has 0 amide bonds. The van der Waals surface area contributed by atoms with Crippen LogP contribution in [-0.4, -0.2) is 22.6 Å². The zero-order valence-corrected chi connectivity index (χ0v) is 12.9. The van der Waals surface area contributed by atoms with Crippen molar-refractivity contribution in [1.29, 1.82) is 0 Å². The van der Waals surface area contributed by atoms with Crippen molar-refractivity contribution in [3.05, 3.63) is 33.2 Å². The van der Waals surface area contributed by atoms with Gasteiger partial charge in [0.05, 0.1) is 11.5 Å². The molecule has 0 spiro atoms. The molecule has 21 heavy (non-hydrogen) atoms. The Balaban J connectivity index is 2.17. The lowest BCUT2D eigenvalue weighted by Crippen LogP contribution is -2.38. The van der Waals surface area contributed by atoms with Crippen molar-refractivity contribution in [2.24, 2.45) is 10.9 Å². The van der Waals surface area contributed by atoms with Crippen molar-refractivity contribution in [3.63, 3.8) is 0 Å². The number of carboxylic acids is 1. The standard InChI is InChI=1S/C16H17NO3S/c1-8-6-7-12(21-8)15-13(16(19)20)9(2)17-10-4-3-5-11(18)14(10)15/h6-7,14-15H,3-5H2,1-2H3,(H,19,20). The molecular formula is C16H17NO3S. The van der Waals surface area contributed by atoms with Crippen molar-refractivity contribution < 1.29 is 14.7 Å². The normalized spacial score (nSPS) is 25.6. The fraction of sp³-hybridized carbons (Fsp3) is 0.438. The molecule has 1 aliphatic heterocycles. The number of hydrogen-bond acceptors (Lipinski definition) is 4. The second kappa shape index (κ2) is 5.22. The number of aliphatic carboxylic acids is 1. The summed E-state index contributed by atoms with van der Waals surface area (Å²) in [7, 11) is 0. The molecule has 0 radical (unpaired) electrons. The molecule has 0 bridgehead atoms. The van der Waals surface area contributed by atoms with Gasteiger partial charge < -0.3 is 5.11 Å². The van der Waals surface area contributed by atoms with Gasteiger partial charge in [0.25, 0.3) is 0 Å². The number of carbonyl (C=O) groups excluding carboxylic acids is 1. The van der Waals surface area contributed by atoms with Gasteiger partial charge in [-0.1, -0.05) is 0 Å². The smallest absolute Gasteiger partial charge is 0.334 e. The van der Waals surface area contributed by atoms with Crippen LogP contribution in [0.5, 0.6) is 0 Å². The molecule has 5 heteroatoms. The molecule has 2 heterocycles. The van der Waals surface area contributed by atoms with Crippen LogP contribution in [0.2, 0.25) is 0 Å². The summed E-state index contributed by atoms with van der Waals surface area (Å²) in [5.41, 5.74) is 1.69. The lowest BCUT2D eigenvalue weighted by molar-refractivity contribution is -0.133. The minimum absolute atomic E-state index is 0.127. The van der Waals surface area contributed by atoms with Gasteiger partial charge in [0.2, 0.25) is 0 Å². The Bertz CT molecular complexity index is 683. The van der Waals surface area contributed by atoms with E-state index in [4.69, 9.17) is 0 Å². The van der Waals surface area contributed by atoms with Gasteiger partial charge in [-0.05, 0) is 38.8 Å². The van der Waals surface area contributed by atoms with E-state index in [0.29, 0.717) is 12.1 Å². The molecule has 0 aromatic carbocycles. The molecule has 2 atom stereocenters. The first-order valence-corrected chi connectivity index (χ1v) is 7.91. The molecule has 110 valence electrons. The van der Waals surface area contributed by atoms with Gasteiger partial charge in [0, 0.05) is 33.5 Å². The van der Waals surface area contributed by atoms with Crippen molar-refractivity contribution in [2.45, 2.75) is 39.0 Å². The number of rotatable bonds is 2. The van der Waals surface area contributed by atoms with Crippen LogP contribution in [0.3, 0.4) is 0 Å². The lowest BCUT2D eigenvalue weighted by Gasteiger charge is -2.34. The first kappa shape index (κ1) is 14.2. The Morgan fingerprint density at radius 2 is 2.05 bits per heavy atom. The Labute approximate surface area is 127 Å². The zero-order valence-electron chi connectivity index (χ0n) is 12.0. The highest BCUT2D eigenvalue weighted by atomic mass is 32.1. The molecule has 1 saturated carbocycles. The van der Waals surface area contributed by atoms with Gasteiger partial charge in [-0.2, -0.15) is 0 Å². The van der Waals surface area contributed by atoms with Crippen LogP contribution < -0.4 is 0 Å². The van der Waals surface area contributed by atoms with Crippen LogP contribution in [0.1, 0.15) is 41.9 Å². The molecule has 2 aliphatic rings. The predicted octanol–water partition coefficient (Wildman–Crippen LogP) is 3.32. The maximum atomic E-state index is 12.4. The van der Waals surface area contributed by atoms with Gasteiger partial charge in [-0.3, -0.25) is 9.79 Å². The number of thiophene rings is 1. The zero-order chi connectivity index (χ0) is 15.1. The van der Waals surface area contributed by atoms with Crippen LogP contribution in [0.15, 0.2) is 28.4 Å². The highest BCUT2D eigenvalue weighted by Crippen LogP contribution is 2.44. The summed E-state index contributed by atoms with van der Waals surface area (Å²) in [6.45, 7) is 3.73. The van der Waals surface area contributed by atoms with Crippen LogP contribution in [0.4, 0.5) is 0 Å². The molecule has 0 saturated heterocycles. The van der Waals surface area contributed by atoms with Gasteiger partial charge in [-0.25, -0.2) is 4.79 Å². The molecule has 1 N–H and O–H groups in total. The molecule has 2 unspecified atom stereocenters. The maximum absolute atomic E-state index is 12.4. The topological polar surface area (TPSA) is 66.7 Å². The van der Waals surface area contributed by atoms with E-state index in [1.165, 1.54) is 0 Å². The van der Waals surface area contributed by atoms with Crippen LogP contribution in [-0.2, 0) is 9.59 Å². The van der Waals surface area contributed by atoms with Gasteiger partial charge in [-0.15, -0.1) is 11.3 Å². The number of ketones is 1. The number of aryl methyl sites for hydroxylation is 1. The number of allylic oxidation sites excluding steroid dienone is 1. The maximum Gasteiger partial charge on any atom is 0.334 e. The Morgan fingerprint density at radius 1 is 1.29 bits per heavy atom. The van der Waals surface area contributed by atoms with E-state index in [1.54, 1.807) is 18.3 Å². The number of fused-ring (bicyclic) bond motifs is 1. The molecule has 1 aromatic rings. The summed E-state index contributed by atoms with van der Waals surface area (Å²) in [5, 5.41) is 9.59. The van der Waals surface area contributed by atoms with Gasteiger partial charge in [0.15, 0.2) is 0 Å². The summed E-state index contributed by atoms with van der Waals surface area (Å²) in [6.07, 6.45) is 2.14. The number of nitrogens with zero attached hydrogens (tertiary/aromatic N) is 1. The van der Waals surface area contributed by atoms with E-state index in [9.17, 15) is 14.7 Å². The van der Waals surface area contributed by atoms with E-state index >= 15 is 0 Å². The molecule has 1 aliphatic carbocycles. The third-order valence-electron chi connectivity index (χ3n) is 4.21. The SMILES string of the molecule is CC1=C(C(=O)O)C(c2ccc(C)s2)C2C(=O)CCCC2=N1. The minimum atomic E-state index is -0.968. The Kier molecular flexibility index (Phi) is 3.53. The van der Waals surface area contributed by atoms with Crippen molar-refractivity contribution in [1.82, 2.24) is 0 Å². The quantitative estimate of drug-likeness (QED) is 0.911. The highest BCUT2D eigenvalue weighted by Gasteiger charge is 2.43. The number of Topliss-reactive ketones (excluding diaryl/α,β-unsaturated/α-hetero) is 1. The minimum Gasteiger partial charge on any atom is -0.478 e. The summed E-state index contributed by atoms with van der Waals surface area (Å²) in [6, 6.07) is 3.93. The summed E-state index contributed by atoms with van der Waals surface area (Å²) in [5.74, 6) is -1.60. The van der Waals surface area contributed by atoms with Crippen LogP contribution in [0, 0.1) is 12.8 Å².